The molecule has 5 heteroatoms. The van der Waals surface area contributed by atoms with Crippen LogP contribution in [0.25, 0.3) is 0 Å². The third kappa shape index (κ3) is 2.29. The maximum absolute atomic E-state index is 11.9. The predicted octanol–water partition coefficient (Wildman–Crippen LogP) is 0.659. The summed E-state index contributed by atoms with van der Waals surface area (Å²) in [6.45, 7) is 1.82. The second-order valence-corrected chi connectivity index (χ2v) is 4.24. The van der Waals surface area contributed by atoms with Crippen LogP contribution in [0.2, 0.25) is 0 Å². The number of carbonyl (C=O) groups excluding carboxylic acids is 2. The lowest BCUT2D eigenvalue weighted by Gasteiger charge is -2.33. The van der Waals surface area contributed by atoms with Gasteiger partial charge in [-0.25, -0.2) is 10.6 Å². The second kappa shape index (κ2) is 4.55. The van der Waals surface area contributed by atoms with Gasteiger partial charge in [0.25, 0.3) is 5.91 Å². The third-order valence-electron chi connectivity index (χ3n) is 3.03. The predicted molar refractivity (Wildman–Crippen MR) is 62.7 cm³/mol. The first kappa shape index (κ1) is 11.6. The van der Waals surface area contributed by atoms with E-state index in [4.69, 9.17) is 5.84 Å². The van der Waals surface area contributed by atoms with Crippen LogP contribution in [-0.4, -0.2) is 23.0 Å². The zero-order valence-corrected chi connectivity index (χ0v) is 9.59. The van der Waals surface area contributed by atoms with E-state index >= 15 is 0 Å². The van der Waals surface area contributed by atoms with Gasteiger partial charge in [-0.15, -0.1) is 0 Å². The molecule has 1 aromatic carbocycles. The molecule has 0 spiro atoms. The lowest BCUT2D eigenvalue weighted by molar-refractivity contribution is -0.135. The molecular formula is C12H15N3O2. The van der Waals surface area contributed by atoms with E-state index in [1.54, 1.807) is 0 Å². The summed E-state index contributed by atoms with van der Waals surface area (Å²) < 4.78 is 0. The van der Waals surface area contributed by atoms with Crippen LogP contribution in [0.3, 0.4) is 0 Å². The van der Waals surface area contributed by atoms with E-state index < -0.39 is 6.03 Å². The molecule has 0 radical (unpaired) electrons. The molecule has 0 bridgehead atoms. The highest BCUT2D eigenvalue weighted by molar-refractivity contribution is 5.97. The number of nitrogens with one attached hydrogen (secondary N) is 1. The molecule has 1 heterocycles. The van der Waals surface area contributed by atoms with Crippen molar-refractivity contribution < 1.29 is 9.59 Å². The molecule has 5 nitrogen and oxygen atoms in total. The van der Waals surface area contributed by atoms with Gasteiger partial charge in [-0.1, -0.05) is 30.3 Å². The number of amides is 3. The highest BCUT2D eigenvalue weighted by Crippen LogP contribution is 2.18. The van der Waals surface area contributed by atoms with Crippen molar-refractivity contribution in [3.63, 3.8) is 0 Å². The molecule has 2 atom stereocenters. The van der Waals surface area contributed by atoms with Crippen molar-refractivity contribution in [1.82, 2.24) is 10.3 Å². The summed E-state index contributed by atoms with van der Waals surface area (Å²) in [5, 5.41) is 3.33. The Labute approximate surface area is 99.6 Å². The molecule has 2 unspecified atom stereocenters. The molecule has 3 N–H and O–H groups in total. The van der Waals surface area contributed by atoms with Gasteiger partial charge in [-0.3, -0.25) is 4.79 Å². The Bertz CT molecular complexity index is 433. The number of carbonyl (C=O) groups is 2. The molecule has 0 aliphatic carbocycles. The maximum Gasteiger partial charge on any atom is 0.338 e. The van der Waals surface area contributed by atoms with Crippen LogP contribution in [0.1, 0.15) is 12.5 Å². The number of hydrogen-bond acceptors (Lipinski definition) is 3. The maximum atomic E-state index is 11.9. The molecule has 1 aliphatic heterocycles. The van der Waals surface area contributed by atoms with Gasteiger partial charge in [-0.05, 0) is 18.9 Å². The average molecular weight is 233 g/mol. The summed E-state index contributed by atoms with van der Waals surface area (Å²) in [5.74, 6) is 4.77. The molecule has 90 valence electrons. The molecule has 1 fully saturated rings. The average Bonchev–Trinajstić information content (AvgIpc) is 2.33. The number of hydrazine groups is 1. The molecule has 1 saturated heterocycles. The molecular weight excluding hydrogens is 218 g/mol. The molecule has 1 aliphatic rings. The van der Waals surface area contributed by atoms with Crippen molar-refractivity contribution in [3.05, 3.63) is 35.9 Å². The Hall–Kier alpha value is -1.88. The Balaban J connectivity index is 2.15. The highest BCUT2D eigenvalue weighted by Gasteiger charge is 2.37. The van der Waals surface area contributed by atoms with Crippen LogP contribution in [0.4, 0.5) is 4.79 Å². The summed E-state index contributed by atoms with van der Waals surface area (Å²) in [5.41, 5.74) is 1.06. The fraction of sp³-hybridized carbons (Fsp3) is 0.333. The van der Waals surface area contributed by atoms with E-state index in [1.165, 1.54) is 0 Å². The largest absolute Gasteiger partial charge is 0.338 e. The van der Waals surface area contributed by atoms with Gasteiger partial charge in [0, 0.05) is 6.04 Å². The summed E-state index contributed by atoms with van der Waals surface area (Å²) in [6, 6.07) is 8.95. The molecule has 2 rings (SSSR count). The SMILES string of the molecule is CC1NC(=O)N(N)C(=O)C1Cc1ccccc1. The minimum absolute atomic E-state index is 0.199. The summed E-state index contributed by atoms with van der Waals surface area (Å²) >= 11 is 0. The van der Waals surface area contributed by atoms with Crippen molar-refractivity contribution in [2.45, 2.75) is 19.4 Å². The number of urea groups is 1. The first-order chi connectivity index (χ1) is 8.09. The molecule has 17 heavy (non-hydrogen) atoms. The molecule has 3 amide bonds. The Morgan fingerprint density at radius 1 is 1.29 bits per heavy atom. The fourth-order valence-electron chi connectivity index (χ4n) is 1.99. The number of rotatable bonds is 2. The molecule has 1 aromatic rings. The molecule has 0 saturated carbocycles. The van der Waals surface area contributed by atoms with Crippen LogP contribution in [0, 0.1) is 5.92 Å². The van der Waals surface area contributed by atoms with E-state index in [9.17, 15) is 9.59 Å². The second-order valence-electron chi connectivity index (χ2n) is 4.24. The van der Waals surface area contributed by atoms with Gasteiger partial charge >= 0.3 is 6.03 Å². The van der Waals surface area contributed by atoms with Crippen LogP contribution < -0.4 is 11.2 Å². The zero-order valence-electron chi connectivity index (χ0n) is 9.59. The zero-order chi connectivity index (χ0) is 12.4. The lowest BCUT2D eigenvalue weighted by atomic mass is 9.91. The number of nitrogens with zero attached hydrogens (tertiary/aromatic N) is 1. The van der Waals surface area contributed by atoms with E-state index in [0.29, 0.717) is 11.4 Å². The fourth-order valence-corrected chi connectivity index (χ4v) is 1.99. The summed E-state index contributed by atoms with van der Waals surface area (Å²) in [7, 11) is 0. The number of hydrogen-bond donors (Lipinski definition) is 2. The lowest BCUT2D eigenvalue weighted by Crippen LogP contribution is -2.62. The van der Waals surface area contributed by atoms with Gasteiger partial charge in [0.2, 0.25) is 0 Å². The van der Waals surface area contributed by atoms with E-state index in [0.717, 1.165) is 5.56 Å². The van der Waals surface area contributed by atoms with Crippen LogP contribution in [0.15, 0.2) is 30.3 Å². The van der Waals surface area contributed by atoms with Crippen molar-refractivity contribution in [2.24, 2.45) is 11.8 Å². The smallest absolute Gasteiger partial charge is 0.333 e. The van der Waals surface area contributed by atoms with E-state index in [2.05, 4.69) is 5.32 Å². The van der Waals surface area contributed by atoms with Gasteiger partial charge in [0.15, 0.2) is 0 Å². The van der Waals surface area contributed by atoms with Crippen molar-refractivity contribution in [2.75, 3.05) is 0 Å². The number of nitrogens with two attached hydrogens (primary N) is 1. The number of imide groups is 1. The Morgan fingerprint density at radius 3 is 2.59 bits per heavy atom. The van der Waals surface area contributed by atoms with Crippen molar-refractivity contribution in [1.29, 1.82) is 0 Å². The Morgan fingerprint density at radius 2 is 1.94 bits per heavy atom. The normalized spacial score (nSPS) is 24.7. The first-order valence-corrected chi connectivity index (χ1v) is 5.52. The van der Waals surface area contributed by atoms with Crippen molar-refractivity contribution >= 4 is 11.9 Å². The number of benzene rings is 1. The monoisotopic (exact) mass is 233 g/mol. The topological polar surface area (TPSA) is 75.4 Å². The third-order valence-corrected chi connectivity index (χ3v) is 3.03. The van der Waals surface area contributed by atoms with Gasteiger partial charge in [-0.2, -0.15) is 5.01 Å². The summed E-state index contributed by atoms with van der Waals surface area (Å²) in [6.07, 6.45) is 0.578. The summed E-state index contributed by atoms with van der Waals surface area (Å²) in [4.78, 5) is 23.2. The minimum Gasteiger partial charge on any atom is -0.333 e. The first-order valence-electron chi connectivity index (χ1n) is 5.52. The Kier molecular flexibility index (Phi) is 3.10. The standard InChI is InChI=1S/C12H15N3O2/c1-8-10(7-9-5-3-2-4-6-9)11(16)15(13)12(17)14-8/h2-6,8,10H,7,13H2,1H3,(H,14,17). The highest BCUT2D eigenvalue weighted by atomic mass is 16.2. The quantitative estimate of drug-likeness (QED) is 0.582. The van der Waals surface area contributed by atoms with Gasteiger partial charge < -0.3 is 5.32 Å². The van der Waals surface area contributed by atoms with Crippen LogP contribution in [0.5, 0.6) is 0 Å². The van der Waals surface area contributed by atoms with E-state index in [1.807, 2.05) is 37.3 Å². The van der Waals surface area contributed by atoms with Crippen LogP contribution in [-0.2, 0) is 11.2 Å². The minimum atomic E-state index is -0.535. The van der Waals surface area contributed by atoms with E-state index in [-0.39, 0.29) is 17.9 Å². The van der Waals surface area contributed by atoms with Gasteiger partial charge in [0.1, 0.15) is 0 Å². The molecule has 0 aromatic heterocycles. The van der Waals surface area contributed by atoms with Crippen LogP contribution >= 0.6 is 0 Å². The van der Waals surface area contributed by atoms with Crippen molar-refractivity contribution in [3.8, 4) is 0 Å². The van der Waals surface area contributed by atoms with Gasteiger partial charge in [0.05, 0.1) is 5.92 Å².